The number of hydrogen-bond acceptors (Lipinski definition) is 13. The maximum Gasteiger partial charge on any atom is 0.408 e. The lowest BCUT2D eigenvalue weighted by Gasteiger charge is -2.31. The van der Waals surface area contributed by atoms with Crippen LogP contribution < -0.4 is 43.8 Å². The highest BCUT2D eigenvalue weighted by Gasteiger charge is 2.36. The summed E-state index contributed by atoms with van der Waals surface area (Å²) in [4.78, 5) is 38.9. The summed E-state index contributed by atoms with van der Waals surface area (Å²) >= 11 is 14.2. The number of benzene rings is 5. The van der Waals surface area contributed by atoms with Crippen molar-refractivity contribution < 1.29 is 31.7 Å². The SMILES string of the molecule is CN.CNCC1Cc2c([nH]c3ccc(Br)cc23)C(N)C1.CNCC1Cc2c([nH]c3ccc(Br)cc23)C(N)C1.CNCC1Cc2c([nH]c3ccc(Br)cc23)C(NC(=O)OC(C)(C)C)C1.Cc1ccc(S(=O)(=O)OCC2Cc3c([nH]c4ccc(Br)cc34)C(NC(=O)OC(C)(C)C)C2)cc1. The maximum absolute atomic E-state index is 12.7. The molecule has 5 aromatic carbocycles. The van der Waals surface area contributed by atoms with Crippen LogP contribution in [0.2, 0.25) is 0 Å². The van der Waals surface area contributed by atoms with Crippen LogP contribution in [0.25, 0.3) is 43.6 Å². The molecule has 4 aliphatic rings. The predicted octanol–water partition coefficient (Wildman–Crippen LogP) is 15.0. The number of ether oxygens (including phenoxy) is 2. The minimum absolute atomic E-state index is 0.0167. The zero-order valence-electron chi connectivity index (χ0n) is 57.4. The second-order valence-corrected chi connectivity index (χ2v) is 33.2. The monoisotopic (exact) mass is 1600 g/mol. The van der Waals surface area contributed by atoms with E-state index in [-0.39, 0.29) is 47.7 Å². The van der Waals surface area contributed by atoms with Crippen molar-refractivity contribution in [2.24, 2.45) is 40.9 Å². The Morgan fingerprint density at radius 1 is 0.485 bits per heavy atom. The van der Waals surface area contributed by atoms with Crippen LogP contribution >= 0.6 is 63.7 Å². The van der Waals surface area contributed by atoms with Gasteiger partial charge in [-0.05, 0) is 279 Å². The average Bonchev–Trinajstić information content (AvgIpc) is 1.65. The highest BCUT2D eigenvalue weighted by molar-refractivity contribution is 9.11. The van der Waals surface area contributed by atoms with Crippen molar-refractivity contribution in [2.45, 2.75) is 140 Å². The van der Waals surface area contributed by atoms with E-state index < -0.39 is 27.4 Å². The van der Waals surface area contributed by atoms with Gasteiger partial charge in [0.25, 0.3) is 10.1 Å². The first-order chi connectivity index (χ1) is 46.0. The maximum atomic E-state index is 12.7. The van der Waals surface area contributed by atoms with Gasteiger partial charge in [0.05, 0.1) is 23.6 Å². The fourth-order valence-corrected chi connectivity index (χ4v) is 16.4. The molecule has 8 atom stereocenters. The van der Waals surface area contributed by atoms with E-state index >= 15 is 0 Å². The molecule has 0 spiro atoms. The van der Waals surface area contributed by atoms with Crippen molar-refractivity contribution in [2.75, 3.05) is 54.4 Å². The van der Waals surface area contributed by atoms with E-state index in [1.165, 1.54) is 62.3 Å². The number of carbonyl (C=O) groups is 2. The molecule has 4 heterocycles. The number of fused-ring (bicyclic) bond motifs is 12. The third-order valence-electron chi connectivity index (χ3n) is 18.0. The molecule has 8 unspecified atom stereocenters. The van der Waals surface area contributed by atoms with Crippen LogP contribution in [0.15, 0.2) is 120 Å². The Balaban J connectivity index is 0.000000155. The molecule has 15 N–H and O–H groups in total. The Morgan fingerprint density at radius 3 is 1.13 bits per heavy atom. The molecule has 97 heavy (non-hydrogen) atoms. The Bertz CT molecular complexity index is 4200. The Morgan fingerprint density at radius 2 is 0.794 bits per heavy atom. The second-order valence-electron chi connectivity index (χ2n) is 27.9. The summed E-state index contributed by atoms with van der Waals surface area (Å²) in [6.45, 7) is 16.0. The number of rotatable bonds is 12. The Kier molecular flexibility index (Phi) is 25.6. The molecule has 4 aliphatic carbocycles. The molecule has 19 nitrogen and oxygen atoms in total. The Hall–Kier alpha value is -5.61. The van der Waals surface area contributed by atoms with Gasteiger partial charge in [-0.2, -0.15) is 8.42 Å². The number of aromatic amines is 4. The zero-order chi connectivity index (χ0) is 70.3. The Labute approximate surface area is 604 Å². The molecular weight excluding hydrogens is 1510 g/mol. The fourth-order valence-electron chi connectivity index (χ4n) is 14.0. The van der Waals surface area contributed by atoms with Crippen LogP contribution in [-0.2, 0) is 49.5 Å². The molecule has 0 radical (unpaired) electrons. The quantitative estimate of drug-likeness (QED) is 0.0507. The van der Waals surface area contributed by atoms with Gasteiger partial charge in [0.1, 0.15) is 11.2 Å². The third kappa shape index (κ3) is 19.3. The molecule has 13 rings (SSSR count). The average molecular weight is 1610 g/mol. The summed E-state index contributed by atoms with van der Waals surface area (Å²) in [5.41, 5.74) is 31.0. The first kappa shape index (κ1) is 75.6. The van der Waals surface area contributed by atoms with Gasteiger partial charge in [0.15, 0.2) is 0 Å². The van der Waals surface area contributed by atoms with Crippen LogP contribution in [0.3, 0.4) is 0 Å². The standard InChI is InChI=1S/C25H29BrN2O5S.C19H26BrN3O2.2C14H18BrN3.CH5N/c1-15-5-8-18(9-6-15)34(30,31)32-14-16-11-20-19-13-17(26)7-10-21(19)27-23(20)22(12-16)28-24(29)33-25(2,3)4;1-19(2,3)25-18(24)23-16-8-11(10-21-4)7-14-13-9-12(20)5-6-15(13)22-17(14)16;2*1-17-7-8-4-11-10-6-9(15)2-3-13(10)18-14(11)12(16)5-8;1-2/h5-10,13,16,22,27H,11-12,14H2,1-4H3,(H,28,29);5-6,9,11,16,21-22H,7-8,10H2,1-4H3,(H,23,24);2*2-3,6,8,12,17-18H,4-5,7,16H2,1H3;2H2,1H3. The van der Waals surface area contributed by atoms with Gasteiger partial charge in [-0.15, -0.1) is 0 Å². The summed E-state index contributed by atoms with van der Waals surface area (Å²) in [6.07, 6.45) is 6.49. The summed E-state index contributed by atoms with van der Waals surface area (Å²) in [5.74, 6) is 1.62. The second kappa shape index (κ2) is 32.8. The minimum Gasteiger partial charge on any atom is -0.444 e. The number of nitrogens with one attached hydrogen (secondary N) is 9. The molecule has 0 saturated carbocycles. The molecule has 0 aliphatic heterocycles. The van der Waals surface area contributed by atoms with Gasteiger partial charge in [-0.25, -0.2) is 9.59 Å². The van der Waals surface area contributed by atoms with Crippen molar-refractivity contribution in [1.29, 1.82) is 0 Å². The number of H-pyrrole nitrogens is 4. The van der Waals surface area contributed by atoms with Crippen molar-refractivity contribution in [3.05, 3.63) is 166 Å². The van der Waals surface area contributed by atoms with Gasteiger partial charge in [0, 0.05) is 96.4 Å². The number of halogens is 4. The van der Waals surface area contributed by atoms with E-state index in [9.17, 15) is 18.0 Å². The normalized spacial score (nSPS) is 20.4. The topological polar surface area (TPSA) is 297 Å². The van der Waals surface area contributed by atoms with E-state index in [0.29, 0.717) is 30.6 Å². The summed E-state index contributed by atoms with van der Waals surface area (Å²) in [7, 11) is 3.60. The first-order valence-electron chi connectivity index (χ1n) is 33.2. The summed E-state index contributed by atoms with van der Waals surface area (Å²) < 4.78 is 46.1. The van der Waals surface area contributed by atoms with E-state index in [0.717, 1.165) is 115 Å². The third-order valence-corrected chi connectivity index (χ3v) is 21.2. The zero-order valence-corrected chi connectivity index (χ0v) is 64.5. The van der Waals surface area contributed by atoms with Crippen LogP contribution in [0.1, 0.15) is 142 Å². The summed E-state index contributed by atoms with van der Waals surface area (Å²) in [6, 6.07) is 31.4. The van der Waals surface area contributed by atoms with Gasteiger partial charge in [0.2, 0.25) is 0 Å². The van der Waals surface area contributed by atoms with Gasteiger partial charge >= 0.3 is 12.2 Å². The van der Waals surface area contributed by atoms with Crippen LogP contribution in [0.4, 0.5) is 9.59 Å². The molecule has 0 bridgehead atoms. The molecule has 4 aromatic heterocycles. The molecule has 24 heteroatoms. The predicted molar refractivity (Wildman–Crippen MR) is 406 cm³/mol. The lowest BCUT2D eigenvalue weighted by Crippen LogP contribution is -2.39. The minimum atomic E-state index is -3.88. The van der Waals surface area contributed by atoms with Crippen molar-refractivity contribution in [3.8, 4) is 0 Å². The van der Waals surface area contributed by atoms with Crippen LogP contribution in [-0.4, -0.2) is 106 Å². The highest BCUT2D eigenvalue weighted by atomic mass is 79.9. The van der Waals surface area contributed by atoms with Crippen molar-refractivity contribution >= 4 is 130 Å². The number of aromatic nitrogens is 4. The largest absolute Gasteiger partial charge is 0.444 e. The molecule has 9 aromatic rings. The van der Waals surface area contributed by atoms with Gasteiger partial charge in [-0.1, -0.05) is 81.4 Å². The van der Waals surface area contributed by atoms with E-state index in [1.807, 2.05) is 93.9 Å². The molecule has 2 amide bonds. The molecular formula is C73H96Br4N12O7S. The summed E-state index contributed by atoms with van der Waals surface area (Å²) in [5, 5.41) is 20.7. The van der Waals surface area contributed by atoms with E-state index in [4.69, 9.17) is 25.1 Å². The smallest absolute Gasteiger partial charge is 0.408 e. The number of aryl methyl sites for hydroxylation is 1. The number of carbonyl (C=O) groups excluding carboxylic acids is 2. The van der Waals surface area contributed by atoms with Crippen LogP contribution in [0.5, 0.6) is 0 Å². The number of hydrogen-bond donors (Lipinski definition) is 12. The lowest BCUT2D eigenvalue weighted by atomic mass is 9.83. The van der Waals surface area contributed by atoms with E-state index in [1.54, 1.807) is 24.3 Å². The molecule has 0 fully saturated rings. The van der Waals surface area contributed by atoms with E-state index in [2.05, 4.69) is 165 Å². The van der Waals surface area contributed by atoms with Crippen molar-refractivity contribution in [3.63, 3.8) is 0 Å². The molecule has 0 saturated heterocycles. The number of amides is 2. The number of nitrogens with two attached hydrogens (primary N) is 3. The first-order valence-corrected chi connectivity index (χ1v) is 37.8. The fraction of sp³-hybridized carbons (Fsp3) is 0.452. The van der Waals surface area contributed by atoms with Crippen LogP contribution in [0, 0.1) is 30.6 Å². The molecule has 524 valence electrons. The highest BCUT2D eigenvalue weighted by Crippen LogP contribution is 2.42. The van der Waals surface area contributed by atoms with Gasteiger partial charge in [-0.3, -0.25) is 4.18 Å². The number of alkyl carbamates (subject to hydrolysis) is 2. The van der Waals surface area contributed by atoms with Crippen molar-refractivity contribution in [1.82, 2.24) is 46.5 Å². The lowest BCUT2D eigenvalue weighted by molar-refractivity contribution is 0.0478. The van der Waals surface area contributed by atoms with Gasteiger partial charge < -0.3 is 73.2 Å².